The van der Waals surface area contributed by atoms with Crippen LogP contribution in [0.3, 0.4) is 0 Å². The summed E-state index contributed by atoms with van der Waals surface area (Å²) >= 11 is 0. The number of hydrogen-bond donors (Lipinski definition) is 1. The van der Waals surface area contributed by atoms with Crippen LogP contribution in [-0.2, 0) is 27.4 Å². The van der Waals surface area contributed by atoms with Gasteiger partial charge in [-0.05, 0) is 35.7 Å². The minimum Gasteiger partial charge on any atom is -0.489 e. The lowest BCUT2D eigenvalue weighted by molar-refractivity contribution is -0.159. The molecule has 0 spiro atoms. The second kappa shape index (κ2) is 8.68. The third kappa shape index (κ3) is 5.08. The molecular weight excluding hydrogens is 346 g/mol. The van der Waals surface area contributed by atoms with Crippen molar-refractivity contribution in [2.75, 3.05) is 19.7 Å². The van der Waals surface area contributed by atoms with E-state index in [0.29, 0.717) is 18.9 Å². The summed E-state index contributed by atoms with van der Waals surface area (Å²) in [7, 11) is 0. The summed E-state index contributed by atoms with van der Waals surface area (Å²) in [6.07, 6.45) is -0.750. The molecule has 27 heavy (non-hydrogen) atoms. The van der Waals surface area contributed by atoms with Crippen LogP contribution in [0, 0.1) is 6.92 Å². The van der Waals surface area contributed by atoms with Crippen molar-refractivity contribution >= 4 is 11.9 Å². The van der Waals surface area contributed by atoms with Gasteiger partial charge in [-0.15, -0.1) is 0 Å². The molecule has 2 aromatic rings. The van der Waals surface area contributed by atoms with Crippen molar-refractivity contribution in [2.45, 2.75) is 26.1 Å². The highest BCUT2D eigenvalue weighted by Gasteiger charge is 2.28. The van der Waals surface area contributed by atoms with E-state index in [4.69, 9.17) is 14.6 Å². The second-order valence-electron chi connectivity index (χ2n) is 6.58. The molecule has 0 aliphatic carbocycles. The van der Waals surface area contributed by atoms with E-state index in [2.05, 4.69) is 0 Å². The Morgan fingerprint density at radius 2 is 2.04 bits per heavy atom. The Balaban J connectivity index is 1.59. The molecule has 0 radical (unpaired) electrons. The molecular formula is C21H23NO5. The number of nitrogens with zero attached hydrogens (tertiary/aromatic N) is 1. The van der Waals surface area contributed by atoms with Crippen LogP contribution in [-0.4, -0.2) is 47.7 Å². The number of carboxylic acid groups (broad SMARTS) is 1. The van der Waals surface area contributed by atoms with Crippen LogP contribution in [0.1, 0.15) is 16.7 Å². The molecule has 1 unspecified atom stereocenters. The summed E-state index contributed by atoms with van der Waals surface area (Å²) in [5.74, 6) is -0.450. The van der Waals surface area contributed by atoms with Crippen molar-refractivity contribution in [3.63, 3.8) is 0 Å². The van der Waals surface area contributed by atoms with Crippen molar-refractivity contribution in [3.05, 3.63) is 65.2 Å². The predicted molar refractivity (Wildman–Crippen MR) is 99.6 cm³/mol. The van der Waals surface area contributed by atoms with E-state index >= 15 is 0 Å². The molecule has 1 atom stereocenters. The molecule has 6 heteroatoms. The first-order chi connectivity index (χ1) is 13.0. The largest absolute Gasteiger partial charge is 0.489 e. The minimum absolute atomic E-state index is 0.0810. The van der Waals surface area contributed by atoms with Gasteiger partial charge in [0.15, 0.2) is 6.10 Å². The molecule has 1 N–H and O–H groups in total. The van der Waals surface area contributed by atoms with E-state index in [1.54, 1.807) is 4.90 Å². The van der Waals surface area contributed by atoms with E-state index in [1.807, 2.05) is 55.5 Å². The zero-order valence-electron chi connectivity index (χ0n) is 15.3. The van der Waals surface area contributed by atoms with Crippen LogP contribution in [0.5, 0.6) is 5.75 Å². The van der Waals surface area contributed by atoms with Crippen LogP contribution < -0.4 is 4.74 Å². The van der Waals surface area contributed by atoms with Crippen LogP contribution in [0.4, 0.5) is 0 Å². The molecule has 1 fully saturated rings. The Morgan fingerprint density at radius 1 is 1.22 bits per heavy atom. The number of aryl methyl sites for hydroxylation is 1. The van der Waals surface area contributed by atoms with Crippen LogP contribution >= 0.6 is 0 Å². The number of carbonyl (C=O) groups is 2. The summed E-state index contributed by atoms with van der Waals surface area (Å²) in [5.41, 5.74) is 3.12. The van der Waals surface area contributed by atoms with Crippen molar-refractivity contribution in [3.8, 4) is 5.75 Å². The number of carbonyl (C=O) groups excluding carboxylic acids is 1. The number of aliphatic carboxylic acids is 1. The first kappa shape index (κ1) is 18.9. The summed E-state index contributed by atoms with van der Waals surface area (Å²) in [6, 6.07) is 15.5. The highest BCUT2D eigenvalue weighted by Crippen LogP contribution is 2.18. The average Bonchev–Trinajstić information content (AvgIpc) is 2.68. The summed E-state index contributed by atoms with van der Waals surface area (Å²) in [4.78, 5) is 25.1. The van der Waals surface area contributed by atoms with Crippen molar-refractivity contribution in [1.29, 1.82) is 0 Å². The van der Waals surface area contributed by atoms with Crippen molar-refractivity contribution < 1.29 is 24.2 Å². The van der Waals surface area contributed by atoms with Gasteiger partial charge in [0, 0.05) is 6.54 Å². The number of morpholine rings is 1. The molecule has 3 rings (SSSR count). The number of benzene rings is 2. The van der Waals surface area contributed by atoms with Gasteiger partial charge in [-0.2, -0.15) is 0 Å². The Morgan fingerprint density at radius 3 is 2.81 bits per heavy atom. The maximum atomic E-state index is 12.5. The van der Waals surface area contributed by atoms with Crippen LogP contribution in [0.2, 0.25) is 0 Å². The Labute approximate surface area is 158 Å². The third-order valence-corrected chi connectivity index (χ3v) is 4.60. The van der Waals surface area contributed by atoms with Gasteiger partial charge in [0.1, 0.15) is 12.4 Å². The van der Waals surface area contributed by atoms with E-state index in [-0.39, 0.29) is 25.5 Å². The second-order valence-corrected chi connectivity index (χ2v) is 6.58. The molecule has 0 aromatic heterocycles. The van der Waals surface area contributed by atoms with E-state index in [0.717, 1.165) is 11.1 Å². The lowest BCUT2D eigenvalue weighted by Gasteiger charge is -2.31. The number of ether oxygens (including phenoxy) is 2. The highest BCUT2D eigenvalue weighted by molar-refractivity contribution is 5.80. The van der Waals surface area contributed by atoms with Gasteiger partial charge in [0.25, 0.3) is 0 Å². The summed E-state index contributed by atoms with van der Waals surface area (Å²) < 4.78 is 11.0. The zero-order valence-corrected chi connectivity index (χ0v) is 15.3. The van der Waals surface area contributed by atoms with Crippen LogP contribution in [0.15, 0.2) is 48.5 Å². The van der Waals surface area contributed by atoms with Gasteiger partial charge in [-0.25, -0.2) is 4.79 Å². The minimum atomic E-state index is -1.04. The molecule has 1 saturated heterocycles. The Hall–Kier alpha value is -2.86. The molecule has 142 valence electrons. The Kier molecular flexibility index (Phi) is 6.08. The van der Waals surface area contributed by atoms with Gasteiger partial charge in [-0.3, -0.25) is 4.79 Å². The molecule has 1 aliphatic rings. The predicted octanol–water partition coefficient (Wildman–Crippen LogP) is 2.43. The lowest BCUT2D eigenvalue weighted by Crippen LogP contribution is -2.49. The standard InChI is InChI=1S/C21H23NO5/c1-15-5-2-3-7-17(15)14-27-18-8-4-6-16(11-18)12-20(23)22-9-10-26-19(13-22)21(24)25/h2-8,11,19H,9-10,12-14H2,1H3,(H,24,25). The molecule has 0 bridgehead atoms. The van der Waals surface area contributed by atoms with Crippen molar-refractivity contribution in [2.24, 2.45) is 0 Å². The molecule has 1 aliphatic heterocycles. The van der Waals surface area contributed by atoms with Gasteiger partial charge in [-0.1, -0.05) is 36.4 Å². The lowest BCUT2D eigenvalue weighted by atomic mass is 10.1. The zero-order chi connectivity index (χ0) is 19.2. The number of rotatable bonds is 6. The molecule has 1 amide bonds. The van der Waals surface area contributed by atoms with Gasteiger partial charge in [0.2, 0.25) is 5.91 Å². The first-order valence-electron chi connectivity index (χ1n) is 8.91. The molecule has 1 heterocycles. The third-order valence-electron chi connectivity index (χ3n) is 4.60. The fourth-order valence-corrected chi connectivity index (χ4v) is 2.99. The quantitative estimate of drug-likeness (QED) is 0.846. The smallest absolute Gasteiger partial charge is 0.334 e. The Bertz CT molecular complexity index is 820. The number of carboxylic acids is 1. The maximum absolute atomic E-state index is 12.5. The normalized spacial score (nSPS) is 16.8. The first-order valence-corrected chi connectivity index (χ1v) is 8.91. The monoisotopic (exact) mass is 369 g/mol. The molecule has 2 aromatic carbocycles. The average molecular weight is 369 g/mol. The number of hydrogen-bond acceptors (Lipinski definition) is 4. The molecule has 0 saturated carbocycles. The topological polar surface area (TPSA) is 76.1 Å². The van der Waals surface area contributed by atoms with Gasteiger partial charge >= 0.3 is 5.97 Å². The fraction of sp³-hybridized carbons (Fsp3) is 0.333. The number of amides is 1. The van der Waals surface area contributed by atoms with Gasteiger partial charge in [0.05, 0.1) is 19.6 Å². The summed E-state index contributed by atoms with van der Waals surface area (Å²) in [6.45, 7) is 3.24. The van der Waals surface area contributed by atoms with Gasteiger partial charge < -0.3 is 19.5 Å². The highest BCUT2D eigenvalue weighted by atomic mass is 16.5. The van der Waals surface area contributed by atoms with E-state index in [1.165, 1.54) is 5.56 Å². The SMILES string of the molecule is Cc1ccccc1COc1cccc(CC(=O)N2CCOC(C(=O)O)C2)c1. The van der Waals surface area contributed by atoms with Crippen molar-refractivity contribution in [1.82, 2.24) is 4.90 Å². The molecule has 6 nitrogen and oxygen atoms in total. The fourth-order valence-electron chi connectivity index (χ4n) is 2.99. The van der Waals surface area contributed by atoms with E-state index in [9.17, 15) is 9.59 Å². The van der Waals surface area contributed by atoms with E-state index < -0.39 is 12.1 Å². The maximum Gasteiger partial charge on any atom is 0.334 e. The summed E-state index contributed by atoms with van der Waals surface area (Å²) in [5, 5.41) is 9.06. The van der Waals surface area contributed by atoms with Crippen LogP contribution in [0.25, 0.3) is 0 Å².